The first-order chi connectivity index (χ1) is 12.7. The van der Waals surface area contributed by atoms with Gasteiger partial charge in [-0.3, -0.25) is 9.89 Å². The minimum absolute atomic E-state index is 0.223. The van der Waals surface area contributed by atoms with Crippen LogP contribution in [0.4, 0.5) is 0 Å². The normalized spacial score (nSPS) is 10.5. The molecule has 6 nitrogen and oxygen atoms in total. The van der Waals surface area contributed by atoms with E-state index < -0.39 is 0 Å². The zero-order chi connectivity index (χ0) is 18.4. The Morgan fingerprint density at radius 2 is 2.04 bits per heavy atom. The molecule has 0 aliphatic heterocycles. The van der Waals surface area contributed by atoms with Gasteiger partial charge in [0.25, 0.3) is 5.91 Å². The number of hydrogen-bond acceptors (Lipinski definition) is 4. The number of hydrogen-bond donors (Lipinski definition) is 1. The molecule has 0 aliphatic rings. The number of benzene rings is 1. The number of aromatic amines is 1. The van der Waals surface area contributed by atoms with Crippen molar-refractivity contribution in [1.29, 1.82) is 0 Å². The summed E-state index contributed by atoms with van der Waals surface area (Å²) < 4.78 is 5.67. The fourth-order valence-electron chi connectivity index (χ4n) is 2.45. The molecule has 7 heteroatoms. The average Bonchev–Trinajstić information content (AvgIpc) is 3.13. The van der Waals surface area contributed by atoms with Crippen LogP contribution in [0.3, 0.4) is 0 Å². The summed E-state index contributed by atoms with van der Waals surface area (Å²) in [6.45, 7) is 3.22. The third-order valence-electron chi connectivity index (χ3n) is 3.83. The highest BCUT2D eigenvalue weighted by molar-refractivity contribution is 6.33. The molecule has 1 aromatic carbocycles. The van der Waals surface area contributed by atoms with E-state index in [-0.39, 0.29) is 11.6 Å². The van der Waals surface area contributed by atoms with Crippen LogP contribution in [-0.4, -0.2) is 32.5 Å². The lowest BCUT2D eigenvalue weighted by Gasteiger charge is -2.19. The second kappa shape index (κ2) is 8.49. The number of pyridine rings is 1. The Bertz CT molecular complexity index is 867. The van der Waals surface area contributed by atoms with Gasteiger partial charge in [-0.1, -0.05) is 41.9 Å². The average molecular weight is 371 g/mol. The minimum atomic E-state index is -0.223. The molecule has 0 saturated heterocycles. The van der Waals surface area contributed by atoms with Crippen molar-refractivity contribution < 1.29 is 9.53 Å². The van der Waals surface area contributed by atoms with Crippen LogP contribution in [0.15, 0.2) is 54.7 Å². The van der Waals surface area contributed by atoms with Gasteiger partial charge in [0.15, 0.2) is 0 Å². The standard InChI is InChI=1S/C19H19ClN4O2/c1-2-24(19(25)18-16(20)9-6-10-21-18)12-15-11-17(23-22-15)26-13-14-7-4-3-5-8-14/h3-11H,2,12-13H2,1H3,(H,22,23). The zero-order valence-corrected chi connectivity index (χ0v) is 15.1. The van der Waals surface area contributed by atoms with Crippen molar-refractivity contribution in [2.45, 2.75) is 20.1 Å². The van der Waals surface area contributed by atoms with Crippen LogP contribution in [0.2, 0.25) is 5.02 Å². The van der Waals surface area contributed by atoms with Gasteiger partial charge in [-0.15, -0.1) is 5.10 Å². The monoisotopic (exact) mass is 370 g/mol. The van der Waals surface area contributed by atoms with Gasteiger partial charge in [0.1, 0.15) is 12.3 Å². The number of amides is 1. The molecule has 0 bridgehead atoms. The van der Waals surface area contributed by atoms with Crippen molar-refractivity contribution in [3.63, 3.8) is 0 Å². The van der Waals surface area contributed by atoms with E-state index >= 15 is 0 Å². The first kappa shape index (κ1) is 17.9. The SMILES string of the molecule is CCN(Cc1cc(OCc2ccccc2)n[nH]1)C(=O)c1ncccc1Cl. The fraction of sp³-hybridized carbons (Fsp3) is 0.211. The molecule has 0 unspecified atom stereocenters. The molecule has 0 saturated carbocycles. The molecule has 2 aromatic heterocycles. The van der Waals surface area contributed by atoms with Crippen LogP contribution < -0.4 is 4.74 Å². The predicted molar refractivity (Wildman–Crippen MR) is 99.0 cm³/mol. The predicted octanol–water partition coefficient (Wildman–Crippen LogP) is 3.70. The summed E-state index contributed by atoms with van der Waals surface area (Å²) in [4.78, 5) is 18.4. The molecule has 0 aliphatic carbocycles. The van der Waals surface area contributed by atoms with Crippen molar-refractivity contribution in [2.24, 2.45) is 0 Å². The van der Waals surface area contributed by atoms with E-state index in [1.54, 1.807) is 29.3 Å². The molecule has 1 amide bonds. The molecule has 1 N–H and O–H groups in total. The van der Waals surface area contributed by atoms with Crippen molar-refractivity contribution in [2.75, 3.05) is 6.54 Å². The molecule has 0 fully saturated rings. The van der Waals surface area contributed by atoms with Gasteiger partial charge in [0.2, 0.25) is 5.88 Å². The number of aromatic nitrogens is 3. The van der Waals surface area contributed by atoms with Crippen LogP contribution in [0, 0.1) is 0 Å². The first-order valence-corrected chi connectivity index (χ1v) is 8.66. The van der Waals surface area contributed by atoms with E-state index in [9.17, 15) is 4.79 Å². The van der Waals surface area contributed by atoms with Crippen molar-refractivity contribution in [3.8, 4) is 5.88 Å². The van der Waals surface area contributed by atoms with E-state index in [2.05, 4.69) is 15.2 Å². The number of nitrogens with zero attached hydrogens (tertiary/aromatic N) is 3. The summed E-state index contributed by atoms with van der Waals surface area (Å²) in [6, 6.07) is 15.0. The largest absolute Gasteiger partial charge is 0.472 e. The molecule has 0 atom stereocenters. The number of halogens is 1. The van der Waals surface area contributed by atoms with Crippen molar-refractivity contribution in [3.05, 3.63) is 76.7 Å². The third-order valence-corrected chi connectivity index (χ3v) is 4.13. The van der Waals surface area contributed by atoms with E-state index in [1.807, 2.05) is 37.3 Å². The lowest BCUT2D eigenvalue weighted by atomic mass is 10.2. The quantitative estimate of drug-likeness (QED) is 0.688. The minimum Gasteiger partial charge on any atom is -0.472 e. The van der Waals surface area contributed by atoms with Gasteiger partial charge in [0, 0.05) is 18.8 Å². The Kier molecular flexibility index (Phi) is 5.86. The number of rotatable bonds is 7. The zero-order valence-electron chi connectivity index (χ0n) is 14.4. The second-order valence-corrected chi connectivity index (χ2v) is 6.07. The smallest absolute Gasteiger partial charge is 0.274 e. The van der Waals surface area contributed by atoms with E-state index in [0.717, 1.165) is 11.3 Å². The molecule has 134 valence electrons. The Hall–Kier alpha value is -2.86. The van der Waals surface area contributed by atoms with Crippen LogP contribution in [0.1, 0.15) is 28.7 Å². The van der Waals surface area contributed by atoms with E-state index in [1.165, 1.54) is 0 Å². The maximum atomic E-state index is 12.6. The number of carbonyl (C=O) groups excluding carboxylic acids is 1. The molecule has 0 radical (unpaired) electrons. The van der Waals surface area contributed by atoms with Gasteiger partial charge in [-0.05, 0) is 24.6 Å². The Morgan fingerprint density at radius 3 is 2.77 bits per heavy atom. The number of H-pyrrole nitrogens is 1. The van der Waals surface area contributed by atoms with Gasteiger partial charge >= 0.3 is 0 Å². The summed E-state index contributed by atoms with van der Waals surface area (Å²) in [5, 5.41) is 7.39. The Labute approximate surface area is 156 Å². The summed E-state index contributed by atoms with van der Waals surface area (Å²) in [5.41, 5.74) is 2.08. The van der Waals surface area contributed by atoms with Crippen molar-refractivity contribution >= 4 is 17.5 Å². The highest BCUT2D eigenvalue weighted by atomic mass is 35.5. The topological polar surface area (TPSA) is 71.1 Å². The molecule has 26 heavy (non-hydrogen) atoms. The summed E-state index contributed by atoms with van der Waals surface area (Å²) in [7, 11) is 0. The number of ether oxygens (including phenoxy) is 1. The molecule has 2 heterocycles. The van der Waals surface area contributed by atoms with E-state index in [0.29, 0.717) is 30.6 Å². The highest BCUT2D eigenvalue weighted by Gasteiger charge is 2.19. The summed E-state index contributed by atoms with van der Waals surface area (Å²) >= 11 is 6.08. The lowest BCUT2D eigenvalue weighted by molar-refractivity contribution is 0.0745. The maximum absolute atomic E-state index is 12.6. The molecule has 0 spiro atoms. The molecular formula is C19H19ClN4O2. The summed E-state index contributed by atoms with van der Waals surface area (Å²) in [5.74, 6) is 0.266. The molecule has 3 rings (SSSR count). The highest BCUT2D eigenvalue weighted by Crippen LogP contribution is 2.17. The fourth-order valence-corrected chi connectivity index (χ4v) is 2.65. The second-order valence-electron chi connectivity index (χ2n) is 5.66. The number of carbonyl (C=O) groups is 1. The molecule has 3 aromatic rings. The van der Waals surface area contributed by atoms with E-state index in [4.69, 9.17) is 16.3 Å². The first-order valence-electron chi connectivity index (χ1n) is 8.28. The maximum Gasteiger partial charge on any atom is 0.274 e. The Morgan fingerprint density at radius 1 is 1.23 bits per heavy atom. The number of nitrogens with one attached hydrogen (secondary N) is 1. The van der Waals surface area contributed by atoms with Crippen LogP contribution in [0.5, 0.6) is 5.88 Å². The van der Waals surface area contributed by atoms with Crippen LogP contribution in [-0.2, 0) is 13.2 Å². The van der Waals surface area contributed by atoms with Gasteiger partial charge in [0.05, 0.1) is 17.3 Å². The van der Waals surface area contributed by atoms with Gasteiger partial charge < -0.3 is 9.64 Å². The Balaban J connectivity index is 1.63. The lowest BCUT2D eigenvalue weighted by Crippen LogP contribution is -2.31. The van der Waals surface area contributed by atoms with Gasteiger partial charge in [-0.2, -0.15) is 0 Å². The van der Waals surface area contributed by atoms with Crippen LogP contribution in [0.25, 0.3) is 0 Å². The van der Waals surface area contributed by atoms with Crippen molar-refractivity contribution in [1.82, 2.24) is 20.1 Å². The summed E-state index contributed by atoms with van der Waals surface area (Å²) in [6.07, 6.45) is 1.55. The third kappa shape index (κ3) is 4.40. The van der Waals surface area contributed by atoms with Crippen LogP contribution >= 0.6 is 11.6 Å². The van der Waals surface area contributed by atoms with Gasteiger partial charge in [-0.25, -0.2) is 4.98 Å². The molecular weight excluding hydrogens is 352 g/mol.